The maximum atomic E-state index is 11.6. The van der Waals surface area contributed by atoms with Gasteiger partial charge < -0.3 is 19.0 Å². The van der Waals surface area contributed by atoms with Crippen molar-refractivity contribution in [3.63, 3.8) is 0 Å². The number of allylic oxidation sites excluding steroid dienone is 3. The highest BCUT2D eigenvalue weighted by molar-refractivity contribution is 6.74. The van der Waals surface area contributed by atoms with Gasteiger partial charge in [0.15, 0.2) is 14.1 Å². The number of carbonyl (C=O) groups is 1. The standard InChI is InChI=1S/C28H52O5Si/c1-9-10-16-19-23(33-34(7,8)27(2,3)4)20-17-14-12-11-13-15-18-21-24(26(29)30)25-22-31-28(5,6)32-25/h13,15,17,20,23-25H,9-12,14,16,18-19,21-22H2,1-8H3,(H,29,30)/b15-13-,20-17+/t23-,24?,25?/m0/s1. The zero-order valence-electron chi connectivity index (χ0n) is 23.2. The van der Waals surface area contributed by atoms with Crippen molar-refractivity contribution in [3.8, 4) is 0 Å². The Kier molecular flexibility index (Phi) is 13.3. The zero-order valence-corrected chi connectivity index (χ0v) is 24.2. The van der Waals surface area contributed by atoms with Gasteiger partial charge in [-0.15, -0.1) is 0 Å². The molecule has 198 valence electrons. The predicted molar refractivity (Wildman–Crippen MR) is 144 cm³/mol. The molecule has 1 aliphatic rings. The van der Waals surface area contributed by atoms with Crippen molar-refractivity contribution in [2.45, 2.75) is 135 Å². The fourth-order valence-corrected chi connectivity index (χ4v) is 5.15. The van der Waals surface area contributed by atoms with Crippen LogP contribution in [0, 0.1) is 5.92 Å². The van der Waals surface area contributed by atoms with E-state index in [0.717, 1.165) is 32.1 Å². The van der Waals surface area contributed by atoms with E-state index >= 15 is 0 Å². The Balaban J connectivity index is 2.39. The van der Waals surface area contributed by atoms with Crippen LogP contribution in [0.15, 0.2) is 24.3 Å². The van der Waals surface area contributed by atoms with E-state index in [1.54, 1.807) is 0 Å². The second-order valence-corrected chi connectivity index (χ2v) is 16.4. The first kappa shape index (κ1) is 31.1. The number of ether oxygens (including phenoxy) is 2. The lowest BCUT2D eigenvalue weighted by Gasteiger charge is -2.38. The second kappa shape index (κ2) is 14.6. The van der Waals surface area contributed by atoms with Crippen molar-refractivity contribution < 1.29 is 23.8 Å². The minimum Gasteiger partial charge on any atom is -0.481 e. The van der Waals surface area contributed by atoms with E-state index < -0.39 is 26.0 Å². The monoisotopic (exact) mass is 496 g/mol. The van der Waals surface area contributed by atoms with Crippen LogP contribution in [0.5, 0.6) is 0 Å². The summed E-state index contributed by atoms with van der Waals surface area (Å²) in [6, 6.07) is 0. The van der Waals surface area contributed by atoms with Crippen molar-refractivity contribution in [2.75, 3.05) is 6.61 Å². The molecule has 1 heterocycles. The van der Waals surface area contributed by atoms with Crippen LogP contribution >= 0.6 is 0 Å². The summed E-state index contributed by atoms with van der Waals surface area (Å²) in [6.45, 7) is 17.8. The molecule has 1 aliphatic heterocycles. The van der Waals surface area contributed by atoms with Gasteiger partial charge in [-0.3, -0.25) is 4.79 Å². The molecule has 0 bridgehead atoms. The fraction of sp³-hybridized carbons (Fsp3) is 0.821. The average molecular weight is 497 g/mol. The lowest BCUT2D eigenvalue weighted by molar-refractivity contribution is -0.159. The molecule has 0 saturated carbocycles. The summed E-state index contributed by atoms with van der Waals surface area (Å²) in [4.78, 5) is 11.6. The van der Waals surface area contributed by atoms with E-state index in [1.165, 1.54) is 19.3 Å². The Labute approximate surface area is 210 Å². The van der Waals surface area contributed by atoms with E-state index in [1.807, 2.05) is 13.8 Å². The molecule has 0 aromatic carbocycles. The highest BCUT2D eigenvalue weighted by Crippen LogP contribution is 2.38. The van der Waals surface area contributed by atoms with E-state index in [4.69, 9.17) is 13.9 Å². The summed E-state index contributed by atoms with van der Waals surface area (Å²) in [5.74, 6) is -2.02. The molecule has 1 N–H and O–H groups in total. The van der Waals surface area contributed by atoms with Crippen LogP contribution in [-0.4, -0.2) is 44.0 Å². The summed E-state index contributed by atoms with van der Waals surface area (Å²) < 4.78 is 18.0. The zero-order chi connectivity index (χ0) is 25.8. The van der Waals surface area contributed by atoms with Crippen LogP contribution in [0.1, 0.15) is 99.3 Å². The quantitative estimate of drug-likeness (QED) is 0.134. The third kappa shape index (κ3) is 11.7. The molecule has 0 spiro atoms. The molecule has 1 fully saturated rings. The lowest BCUT2D eigenvalue weighted by Crippen LogP contribution is -2.43. The van der Waals surface area contributed by atoms with Gasteiger partial charge in [0.25, 0.3) is 0 Å². The van der Waals surface area contributed by atoms with Gasteiger partial charge in [0, 0.05) is 0 Å². The Morgan fingerprint density at radius 1 is 1.09 bits per heavy atom. The van der Waals surface area contributed by atoms with E-state index in [2.05, 4.69) is 65.1 Å². The SMILES string of the molecule is CCCCC[C@@H](/C=C/CCC/C=C\CCC(C(=O)O)C1COC(C)(C)O1)O[Si](C)(C)C(C)(C)C. The van der Waals surface area contributed by atoms with Crippen molar-refractivity contribution in [1.29, 1.82) is 0 Å². The minimum atomic E-state index is -1.78. The first-order valence-electron chi connectivity index (χ1n) is 13.3. The molecular weight excluding hydrogens is 444 g/mol. The molecule has 1 saturated heterocycles. The molecular formula is C28H52O5Si. The number of aliphatic carboxylic acids is 1. The Morgan fingerprint density at radius 3 is 2.29 bits per heavy atom. The molecule has 0 aliphatic carbocycles. The molecule has 6 heteroatoms. The number of carboxylic acid groups (broad SMARTS) is 1. The third-order valence-corrected chi connectivity index (χ3v) is 11.5. The third-order valence-electron chi connectivity index (χ3n) is 7.04. The van der Waals surface area contributed by atoms with Crippen LogP contribution in [0.2, 0.25) is 18.1 Å². The van der Waals surface area contributed by atoms with E-state index in [9.17, 15) is 9.90 Å². The van der Waals surface area contributed by atoms with Crippen LogP contribution < -0.4 is 0 Å². The average Bonchev–Trinajstić information content (AvgIpc) is 3.07. The van der Waals surface area contributed by atoms with E-state index in [-0.39, 0.29) is 17.2 Å². The highest BCUT2D eigenvalue weighted by Gasteiger charge is 2.40. The number of hydrogen-bond acceptors (Lipinski definition) is 4. The summed E-state index contributed by atoms with van der Waals surface area (Å²) >= 11 is 0. The van der Waals surface area contributed by atoms with Gasteiger partial charge in [-0.05, 0) is 70.5 Å². The first-order chi connectivity index (χ1) is 15.8. The highest BCUT2D eigenvalue weighted by atomic mass is 28.4. The summed E-state index contributed by atoms with van der Waals surface area (Å²) in [5.41, 5.74) is 0. The Hall–Kier alpha value is -0.953. The number of carboxylic acids is 1. The summed E-state index contributed by atoms with van der Waals surface area (Å²) in [6.07, 6.45) is 18.0. The van der Waals surface area contributed by atoms with Gasteiger partial charge in [0.2, 0.25) is 0 Å². The van der Waals surface area contributed by atoms with Crippen LogP contribution in [0.3, 0.4) is 0 Å². The maximum Gasteiger partial charge on any atom is 0.309 e. The molecule has 5 nitrogen and oxygen atoms in total. The first-order valence-corrected chi connectivity index (χ1v) is 16.2. The number of unbranched alkanes of at least 4 members (excludes halogenated alkanes) is 4. The van der Waals surface area contributed by atoms with Gasteiger partial charge >= 0.3 is 5.97 Å². The summed E-state index contributed by atoms with van der Waals surface area (Å²) in [5, 5.41) is 9.78. The normalized spacial score (nSPS) is 20.9. The molecule has 1 rings (SSSR count). The van der Waals surface area contributed by atoms with Gasteiger partial charge in [0.1, 0.15) is 0 Å². The van der Waals surface area contributed by atoms with Gasteiger partial charge in [0.05, 0.1) is 24.7 Å². The second-order valence-electron chi connectivity index (χ2n) is 11.6. The predicted octanol–water partition coefficient (Wildman–Crippen LogP) is 7.87. The molecule has 0 amide bonds. The van der Waals surface area contributed by atoms with Crippen molar-refractivity contribution in [2.24, 2.45) is 5.92 Å². The molecule has 0 aromatic heterocycles. The molecule has 3 atom stereocenters. The van der Waals surface area contributed by atoms with Crippen molar-refractivity contribution >= 4 is 14.3 Å². The smallest absolute Gasteiger partial charge is 0.309 e. The van der Waals surface area contributed by atoms with Gasteiger partial charge in [-0.25, -0.2) is 0 Å². The molecule has 0 radical (unpaired) electrons. The fourth-order valence-electron chi connectivity index (χ4n) is 3.84. The maximum absolute atomic E-state index is 11.6. The Bertz CT molecular complexity index is 648. The summed E-state index contributed by atoms with van der Waals surface area (Å²) in [7, 11) is -1.78. The largest absolute Gasteiger partial charge is 0.481 e. The Morgan fingerprint density at radius 2 is 1.74 bits per heavy atom. The van der Waals surface area contributed by atoms with Gasteiger partial charge in [-0.1, -0.05) is 71.3 Å². The molecule has 34 heavy (non-hydrogen) atoms. The van der Waals surface area contributed by atoms with Crippen LogP contribution in [-0.2, 0) is 18.7 Å². The molecule has 0 aromatic rings. The number of hydrogen-bond donors (Lipinski definition) is 1. The minimum absolute atomic E-state index is 0.224. The van der Waals surface area contributed by atoms with Gasteiger partial charge in [-0.2, -0.15) is 0 Å². The number of rotatable bonds is 16. The van der Waals surface area contributed by atoms with E-state index in [0.29, 0.717) is 13.0 Å². The van der Waals surface area contributed by atoms with Crippen molar-refractivity contribution in [1.82, 2.24) is 0 Å². The van der Waals surface area contributed by atoms with Crippen LogP contribution in [0.25, 0.3) is 0 Å². The van der Waals surface area contributed by atoms with Crippen LogP contribution in [0.4, 0.5) is 0 Å². The van der Waals surface area contributed by atoms with Crippen molar-refractivity contribution in [3.05, 3.63) is 24.3 Å². The topological polar surface area (TPSA) is 65.0 Å². The lowest BCUT2D eigenvalue weighted by atomic mass is 9.97. The molecule has 2 unspecified atom stereocenters.